The molecule has 0 aliphatic rings. The van der Waals surface area contributed by atoms with Crippen LogP contribution >= 0.6 is 0 Å². The van der Waals surface area contributed by atoms with Crippen LogP contribution in [0.3, 0.4) is 0 Å². The summed E-state index contributed by atoms with van der Waals surface area (Å²) in [4.78, 5) is 11.0. The molecule has 1 amide bonds. The number of rotatable bonds is 3. The molecule has 0 spiro atoms. The average Bonchev–Trinajstić information content (AvgIpc) is 2.33. The van der Waals surface area contributed by atoms with Gasteiger partial charge in [-0.1, -0.05) is 26.0 Å². The standard InChI is InChI=1S/C11H15NO2.C2H6/c1-8-7-9(3-5-10(8)13)4-6-11(14)12-2;1-2/h3,5,7,13H,4,6H2,1-2H3,(H,12,14);1-2H3. The maximum Gasteiger partial charge on any atom is 0.220 e. The lowest BCUT2D eigenvalue weighted by atomic mass is 10.1. The summed E-state index contributed by atoms with van der Waals surface area (Å²) >= 11 is 0. The van der Waals surface area contributed by atoms with Gasteiger partial charge in [-0.25, -0.2) is 0 Å². The molecule has 2 N–H and O–H groups in total. The zero-order valence-electron chi connectivity index (χ0n) is 10.5. The normalized spacial score (nSPS) is 9.00. The molecule has 1 rings (SSSR count). The summed E-state index contributed by atoms with van der Waals surface area (Å²) < 4.78 is 0. The van der Waals surface area contributed by atoms with Crippen molar-refractivity contribution in [2.75, 3.05) is 7.05 Å². The fourth-order valence-corrected chi connectivity index (χ4v) is 1.26. The number of carbonyl (C=O) groups excluding carboxylic acids is 1. The van der Waals surface area contributed by atoms with Crippen molar-refractivity contribution in [1.82, 2.24) is 5.32 Å². The number of carbonyl (C=O) groups is 1. The predicted molar refractivity (Wildman–Crippen MR) is 66.6 cm³/mol. The van der Waals surface area contributed by atoms with Gasteiger partial charge < -0.3 is 10.4 Å². The van der Waals surface area contributed by atoms with Gasteiger partial charge in [0.1, 0.15) is 5.75 Å². The van der Waals surface area contributed by atoms with Crippen molar-refractivity contribution in [2.24, 2.45) is 0 Å². The summed E-state index contributed by atoms with van der Waals surface area (Å²) in [5.41, 5.74) is 1.92. The van der Waals surface area contributed by atoms with Crippen LogP contribution in [0.2, 0.25) is 0 Å². The molecule has 0 aromatic heterocycles. The van der Waals surface area contributed by atoms with Crippen LogP contribution in [0.15, 0.2) is 18.2 Å². The molecule has 0 atom stereocenters. The lowest BCUT2D eigenvalue weighted by Crippen LogP contribution is -2.17. The Kier molecular flexibility index (Phi) is 7.01. The van der Waals surface area contributed by atoms with Gasteiger partial charge >= 0.3 is 0 Å². The molecule has 3 heteroatoms. The van der Waals surface area contributed by atoms with Gasteiger partial charge in [0.2, 0.25) is 5.91 Å². The highest BCUT2D eigenvalue weighted by Crippen LogP contribution is 2.17. The molecule has 0 saturated heterocycles. The third kappa shape index (κ3) is 4.82. The first-order valence-corrected chi connectivity index (χ1v) is 5.62. The lowest BCUT2D eigenvalue weighted by molar-refractivity contribution is -0.120. The van der Waals surface area contributed by atoms with E-state index in [1.165, 1.54) is 0 Å². The smallest absolute Gasteiger partial charge is 0.220 e. The van der Waals surface area contributed by atoms with Gasteiger partial charge in [0.25, 0.3) is 0 Å². The molecule has 0 unspecified atom stereocenters. The Morgan fingerprint density at radius 3 is 2.50 bits per heavy atom. The number of amides is 1. The third-order valence-electron chi connectivity index (χ3n) is 2.18. The van der Waals surface area contributed by atoms with Crippen LogP contribution in [0, 0.1) is 6.92 Å². The second kappa shape index (κ2) is 7.74. The van der Waals surface area contributed by atoms with Gasteiger partial charge in [0.05, 0.1) is 0 Å². The number of nitrogens with one attached hydrogen (secondary N) is 1. The van der Waals surface area contributed by atoms with Crippen molar-refractivity contribution < 1.29 is 9.90 Å². The topological polar surface area (TPSA) is 49.3 Å². The zero-order valence-corrected chi connectivity index (χ0v) is 10.5. The van der Waals surface area contributed by atoms with Crippen LogP contribution in [0.4, 0.5) is 0 Å². The van der Waals surface area contributed by atoms with E-state index in [9.17, 15) is 9.90 Å². The second-order valence-electron chi connectivity index (χ2n) is 3.29. The number of aromatic hydroxyl groups is 1. The molecule has 0 radical (unpaired) electrons. The molecule has 16 heavy (non-hydrogen) atoms. The Morgan fingerprint density at radius 1 is 1.38 bits per heavy atom. The van der Waals surface area contributed by atoms with Crippen LogP contribution in [-0.2, 0) is 11.2 Å². The van der Waals surface area contributed by atoms with Crippen LogP contribution < -0.4 is 5.32 Å². The highest BCUT2D eigenvalue weighted by molar-refractivity contribution is 5.75. The summed E-state index contributed by atoms with van der Waals surface area (Å²) in [7, 11) is 1.63. The molecule has 3 nitrogen and oxygen atoms in total. The van der Waals surface area contributed by atoms with Crippen molar-refractivity contribution in [1.29, 1.82) is 0 Å². The van der Waals surface area contributed by atoms with Gasteiger partial charge in [-0.15, -0.1) is 0 Å². The second-order valence-corrected chi connectivity index (χ2v) is 3.29. The Balaban J connectivity index is 0.00000106. The minimum Gasteiger partial charge on any atom is -0.508 e. The lowest BCUT2D eigenvalue weighted by Gasteiger charge is -2.03. The van der Waals surface area contributed by atoms with E-state index in [-0.39, 0.29) is 5.91 Å². The fourth-order valence-electron chi connectivity index (χ4n) is 1.26. The van der Waals surface area contributed by atoms with Crippen molar-refractivity contribution >= 4 is 5.91 Å². The fraction of sp³-hybridized carbons (Fsp3) is 0.462. The quantitative estimate of drug-likeness (QED) is 0.826. The molecule has 1 aromatic rings. The first-order chi connectivity index (χ1) is 7.63. The monoisotopic (exact) mass is 223 g/mol. The van der Waals surface area contributed by atoms with Gasteiger partial charge in [-0.3, -0.25) is 4.79 Å². The average molecular weight is 223 g/mol. The van der Waals surface area contributed by atoms with Crippen LogP contribution in [0.1, 0.15) is 31.4 Å². The molecule has 0 aliphatic heterocycles. The van der Waals surface area contributed by atoms with E-state index < -0.39 is 0 Å². The molecule has 90 valence electrons. The molecule has 0 heterocycles. The summed E-state index contributed by atoms with van der Waals surface area (Å²) in [6.45, 7) is 5.85. The van der Waals surface area contributed by atoms with Crippen LogP contribution in [-0.4, -0.2) is 18.1 Å². The van der Waals surface area contributed by atoms with Gasteiger partial charge in [-0.2, -0.15) is 0 Å². The zero-order chi connectivity index (χ0) is 12.6. The van der Waals surface area contributed by atoms with Gasteiger partial charge in [-0.05, 0) is 30.5 Å². The molecule has 0 saturated carbocycles. The highest BCUT2D eigenvalue weighted by Gasteiger charge is 2.01. The van der Waals surface area contributed by atoms with Crippen LogP contribution in [0.5, 0.6) is 5.75 Å². The van der Waals surface area contributed by atoms with E-state index in [1.54, 1.807) is 13.1 Å². The van der Waals surface area contributed by atoms with Crippen molar-refractivity contribution in [3.8, 4) is 5.75 Å². The van der Waals surface area contributed by atoms with Crippen molar-refractivity contribution in [2.45, 2.75) is 33.6 Å². The predicted octanol–water partition coefficient (Wildman–Crippen LogP) is 2.41. The molecular formula is C13H21NO2. The summed E-state index contributed by atoms with van der Waals surface area (Å²) in [6.07, 6.45) is 1.20. The summed E-state index contributed by atoms with van der Waals surface area (Å²) in [5.74, 6) is 0.337. The number of phenols is 1. The first-order valence-electron chi connectivity index (χ1n) is 5.62. The largest absolute Gasteiger partial charge is 0.508 e. The van der Waals surface area contributed by atoms with Gasteiger partial charge in [0.15, 0.2) is 0 Å². The maximum atomic E-state index is 11.0. The molecule has 1 aromatic carbocycles. The SMILES string of the molecule is CC.CNC(=O)CCc1ccc(O)c(C)c1. The summed E-state index contributed by atoms with van der Waals surface area (Å²) in [6, 6.07) is 5.40. The van der Waals surface area contributed by atoms with E-state index in [4.69, 9.17) is 0 Å². The Hall–Kier alpha value is -1.51. The van der Waals surface area contributed by atoms with E-state index in [2.05, 4.69) is 5.32 Å². The number of hydrogen-bond donors (Lipinski definition) is 2. The van der Waals surface area contributed by atoms with Crippen molar-refractivity contribution in [3.05, 3.63) is 29.3 Å². The Labute approximate surface area is 97.5 Å². The van der Waals surface area contributed by atoms with E-state index in [0.717, 1.165) is 11.1 Å². The van der Waals surface area contributed by atoms with Crippen LogP contribution in [0.25, 0.3) is 0 Å². The van der Waals surface area contributed by atoms with Crippen molar-refractivity contribution in [3.63, 3.8) is 0 Å². The number of aryl methyl sites for hydroxylation is 2. The molecule has 0 fully saturated rings. The minimum atomic E-state index is 0.0377. The first kappa shape index (κ1) is 14.5. The summed E-state index contributed by atoms with van der Waals surface area (Å²) in [5, 5.41) is 11.9. The van der Waals surface area contributed by atoms with Gasteiger partial charge in [0, 0.05) is 13.5 Å². The number of phenolic OH excluding ortho intramolecular Hbond substituents is 1. The Bertz CT molecular complexity index is 335. The number of benzene rings is 1. The highest BCUT2D eigenvalue weighted by atomic mass is 16.3. The molecular weight excluding hydrogens is 202 g/mol. The molecule has 0 aliphatic carbocycles. The maximum absolute atomic E-state index is 11.0. The Morgan fingerprint density at radius 2 is 2.00 bits per heavy atom. The third-order valence-corrected chi connectivity index (χ3v) is 2.18. The molecule has 0 bridgehead atoms. The van der Waals surface area contributed by atoms with E-state index in [1.807, 2.05) is 32.9 Å². The minimum absolute atomic E-state index is 0.0377. The van der Waals surface area contributed by atoms with E-state index >= 15 is 0 Å². The van der Waals surface area contributed by atoms with E-state index in [0.29, 0.717) is 18.6 Å². The number of hydrogen-bond acceptors (Lipinski definition) is 2.